The van der Waals surface area contributed by atoms with Gasteiger partial charge in [-0.05, 0) is 30.0 Å². The minimum absolute atomic E-state index is 0.122. The number of phenols is 2. The van der Waals surface area contributed by atoms with Crippen molar-refractivity contribution in [3.05, 3.63) is 22.2 Å². The Bertz CT molecular complexity index is 348. The maximum atomic E-state index is 9.52. The Hall–Kier alpha value is -0.890. The molecule has 0 aliphatic rings. The smallest absolute Gasteiger partial charge is 0.176 e. The molecule has 1 aromatic carbocycles. The van der Waals surface area contributed by atoms with Gasteiger partial charge < -0.3 is 10.2 Å². The fraction of sp³-hybridized carbons (Fsp3) is 0.500. The molecule has 84 valence electrons. The van der Waals surface area contributed by atoms with Crippen LogP contribution >= 0.6 is 11.6 Å². The van der Waals surface area contributed by atoms with Gasteiger partial charge >= 0.3 is 0 Å². The fourth-order valence-electron chi connectivity index (χ4n) is 1.73. The Morgan fingerprint density at radius 1 is 1.13 bits per heavy atom. The van der Waals surface area contributed by atoms with E-state index in [9.17, 15) is 10.2 Å². The summed E-state index contributed by atoms with van der Waals surface area (Å²) in [6, 6.07) is 1.62. The molecular formula is C12H17ClO2. The van der Waals surface area contributed by atoms with Gasteiger partial charge in [-0.1, -0.05) is 38.3 Å². The van der Waals surface area contributed by atoms with E-state index in [1.54, 1.807) is 6.07 Å². The Balaban J connectivity index is 3.23. The SMILES string of the molecule is CCCc1cc(O)c(O)c(Cl)c1CCC. The third-order valence-corrected chi connectivity index (χ3v) is 2.84. The molecule has 0 aromatic heterocycles. The van der Waals surface area contributed by atoms with Crippen LogP contribution in [0.15, 0.2) is 6.07 Å². The van der Waals surface area contributed by atoms with Crippen molar-refractivity contribution in [2.24, 2.45) is 0 Å². The van der Waals surface area contributed by atoms with Gasteiger partial charge in [0.05, 0.1) is 5.02 Å². The van der Waals surface area contributed by atoms with Crippen LogP contribution in [0.2, 0.25) is 5.02 Å². The highest BCUT2D eigenvalue weighted by atomic mass is 35.5. The minimum Gasteiger partial charge on any atom is -0.504 e. The molecule has 1 rings (SSSR count). The first kappa shape index (κ1) is 12.2. The van der Waals surface area contributed by atoms with Crippen molar-refractivity contribution in [3.8, 4) is 11.5 Å². The second kappa shape index (κ2) is 5.26. The van der Waals surface area contributed by atoms with Crippen molar-refractivity contribution >= 4 is 11.6 Å². The van der Waals surface area contributed by atoms with E-state index in [0.717, 1.165) is 36.8 Å². The molecule has 0 aliphatic heterocycles. The third-order valence-electron chi connectivity index (χ3n) is 2.43. The lowest BCUT2D eigenvalue weighted by molar-refractivity contribution is 0.402. The molecule has 0 fully saturated rings. The molecule has 0 radical (unpaired) electrons. The maximum absolute atomic E-state index is 9.52. The van der Waals surface area contributed by atoms with E-state index < -0.39 is 0 Å². The van der Waals surface area contributed by atoms with Crippen LogP contribution in [-0.2, 0) is 12.8 Å². The van der Waals surface area contributed by atoms with Gasteiger partial charge in [0.1, 0.15) is 0 Å². The van der Waals surface area contributed by atoms with Gasteiger partial charge in [0.25, 0.3) is 0 Å². The van der Waals surface area contributed by atoms with Crippen molar-refractivity contribution in [2.45, 2.75) is 39.5 Å². The van der Waals surface area contributed by atoms with Crippen molar-refractivity contribution in [1.82, 2.24) is 0 Å². The zero-order chi connectivity index (χ0) is 11.4. The number of hydrogen-bond donors (Lipinski definition) is 2. The minimum atomic E-state index is -0.194. The molecule has 2 nitrogen and oxygen atoms in total. The van der Waals surface area contributed by atoms with Gasteiger partial charge in [-0.2, -0.15) is 0 Å². The molecule has 0 amide bonds. The molecular weight excluding hydrogens is 212 g/mol. The third kappa shape index (κ3) is 2.57. The molecule has 0 bridgehead atoms. The molecule has 1 aromatic rings. The highest BCUT2D eigenvalue weighted by molar-refractivity contribution is 6.33. The molecule has 2 N–H and O–H groups in total. The van der Waals surface area contributed by atoms with Crippen LogP contribution in [0.3, 0.4) is 0 Å². The van der Waals surface area contributed by atoms with Gasteiger partial charge in [-0.3, -0.25) is 0 Å². The number of aromatic hydroxyl groups is 2. The Morgan fingerprint density at radius 3 is 2.27 bits per heavy atom. The highest BCUT2D eigenvalue weighted by Gasteiger charge is 2.14. The number of halogens is 1. The number of benzene rings is 1. The number of aryl methyl sites for hydroxylation is 1. The Morgan fingerprint density at radius 2 is 1.73 bits per heavy atom. The van der Waals surface area contributed by atoms with E-state index in [4.69, 9.17) is 11.6 Å². The van der Waals surface area contributed by atoms with Gasteiger partial charge in [0.2, 0.25) is 0 Å². The summed E-state index contributed by atoms with van der Waals surface area (Å²) in [5, 5.41) is 19.3. The molecule has 0 aliphatic carbocycles. The van der Waals surface area contributed by atoms with Gasteiger partial charge in [-0.25, -0.2) is 0 Å². The maximum Gasteiger partial charge on any atom is 0.176 e. The summed E-state index contributed by atoms with van der Waals surface area (Å²) in [6.07, 6.45) is 3.68. The molecule has 0 heterocycles. The summed E-state index contributed by atoms with van der Waals surface area (Å²) in [5.74, 6) is -0.316. The van der Waals surface area contributed by atoms with Crippen molar-refractivity contribution in [1.29, 1.82) is 0 Å². The topological polar surface area (TPSA) is 40.5 Å². The van der Waals surface area contributed by atoms with E-state index in [2.05, 4.69) is 13.8 Å². The summed E-state index contributed by atoms with van der Waals surface area (Å²) in [4.78, 5) is 0. The van der Waals surface area contributed by atoms with Crippen LogP contribution in [0.5, 0.6) is 11.5 Å². The molecule has 3 heteroatoms. The standard InChI is InChI=1S/C12H17ClO2/c1-3-5-8-7-10(14)12(15)11(13)9(8)6-4-2/h7,14-15H,3-6H2,1-2H3. The lowest BCUT2D eigenvalue weighted by Crippen LogP contribution is -1.95. The summed E-state index contributed by atoms with van der Waals surface area (Å²) in [5.41, 5.74) is 2.01. The van der Waals surface area contributed by atoms with Crippen LogP contribution < -0.4 is 0 Å². The lowest BCUT2D eigenvalue weighted by Gasteiger charge is -2.12. The number of phenolic OH excluding ortho intramolecular Hbond substituents is 2. The molecule has 0 atom stereocenters. The molecule has 0 unspecified atom stereocenters. The van der Waals surface area contributed by atoms with E-state index in [1.807, 2.05) is 0 Å². The first-order valence-corrected chi connectivity index (χ1v) is 5.71. The van der Waals surface area contributed by atoms with Gasteiger partial charge in [0, 0.05) is 0 Å². The zero-order valence-electron chi connectivity index (χ0n) is 9.18. The first-order chi connectivity index (χ1) is 7.11. The quantitative estimate of drug-likeness (QED) is 0.773. The predicted octanol–water partition coefficient (Wildman–Crippen LogP) is 3.66. The van der Waals surface area contributed by atoms with Crippen LogP contribution in [0.1, 0.15) is 37.8 Å². The first-order valence-electron chi connectivity index (χ1n) is 5.33. The van der Waals surface area contributed by atoms with Crippen LogP contribution in [0, 0.1) is 0 Å². The second-order valence-electron chi connectivity index (χ2n) is 3.70. The second-order valence-corrected chi connectivity index (χ2v) is 4.07. The van der Waals surface area contributed by atoms with Crippen molar-refractivity contribution in [3.63, 3.8) is 0 Å². The molecule has 15 heavy (non-hydrogen) atoms. The molecule has 0 saturated heterocycles. The average Bonchev–Trinajstić information content (AvgIpc) is 2.21. The van der Waals surface area contributed by atoms with Crippen molar-refractivity contribution in [2.75, 3.05) is 0 Å². The monoisotopic (exact) mass is 228 g/mol. The normalized spacial score (nSPS) is 10.6. The number of hydrogen-bond acceptors (Lipinski definition) is 2. The lowest BCUT2D eigenvalue weighted by atomic mass is 9.98. The van der Waals surface area contributed by atoms with E-state index in [0.29, 0.717) is 5.02 Å². The van der Waals surface area contributed by atoms with E-state index in [-0.39, 0.29) is 11.5 Å². The summed E-state index contributed by atoms with van der Waals surface area (Å²) in [7, 11) is 0. The zero-order valence-corrected chi connectivity index (χ0v) is 9.93. The Kier molecular flexibility index (Phi) is 4.28. The van der Waals surface area contributed by atoms with Crippen LogP contribution in [-0.4, -0.2) is 10.2 Å². The molecule has 0 saturated carbocycles. The Labute approximate surface area is 95.5 Å². The van der Waals surface area contributed by atoms with Crippen LogP contribution in [0.25, 0.3) is 0 Å². The predicted molar refractivity (Wildman–Crippen MR) is 62.8 cm³/mol. The number of rotatable bonds is 4. The fourth-order valence-corrected chi connectivity index (χ4v) is 2.04. The van der Waals surface area contributed by atoms with E-state index in [1.165, 1.54) is 0 Å². The summed E-state index contributed by atoms with van der Waals surface area (Å²) >= 11 is 6.01. The van der Waals surface area contributed by atoms with E-state index >= 15 is 0 Å². The molecule has 0 spiro atoms. The van der Waals surface area contributed by atoms with Gasteiger partial charge in [-0.15, -0.1) is 0 Å². The van der Waals surface area contributed by atoms with Crippen molar-refractivity contribution < 1.29 is 10.2 Å². The largest absolute Gasteiger partial charge is 0.504 e. The summed E-state index contributed by atoms with van der Waals surface area (Å²) < 4.78 is 0. The average molecular weight is 229 g/mol. The van der Waals surface area contributed by atoms with Gasteiger partial charge in [0.15, 0.2) is 11.5 Å². The highest BCUT2D eigenvalue weighted by Crippen LogP contribution is 2.38. The summed E-state index contributed by atoms with van der Waals surface area (Å²) in [6.45, 7) is 4.14. The van der Waals surface area contributed by atoms with Crippen LogP contribution in [0.4, 0.5) is 0 Å².